The normalized spacial score (nSPS) is 11.2. The van der Waals surface area contributed by atoms with Crippen LogP contribution < -0.4 is 10.5 Å². The van der Waals surface area contributed by atoms with Gasteiger partial charge in [0, 0.05) is 36.7 Å². The molecule has 0 aliphatic rings. The van der Waals surface area contributed by atoms with Crippen LogP contribution in [0.1, 0.15) is 5.89 Å². The summed E-state index contributed by atoms with van der Waals surface area (Å²) in [7, 11) is 1.62. The Hall–Kier alpha value is -4.33. The first-order chi connectivity index (χ1) is 15.9. The van der Waals surface area contributed by atoms with Crippen molar-refractivity contribution >= 4 is 33.5 Å². The Morgan fingerprint density at radius 2 is 1.85 bits per heavy atom. The van der Waals surface area contributed by atoms with Crippen LogP contribution in [0.3, 0.4) is 0 Å². The van der Waals surface area contributed by atoms with E-state index in [2.05, 4.69) is 10.1 Å². The number of amides is 1. The molecule has 0 unspecified atom stereocenters. The van der Waals surface area contributed by atoms with E-state index in [9.17, 15) is 14.0 Å². The number of rotatable bonds is 4. The zero-order chi connectivity index (χ0) is 23.1. The average Bonchev–Trinajstić information content (AvgIpc) is 3.19. The van der Waals surface area contributed by atoms with Crippen molar-refractivity contribution in [2.75, 3.05) is 11.9 Å². The zero-order valence-electron chi connectivity index (χ0n) is 17.9. The molecule has 0 N–H and O–H groups in total. The van der Waals surface area contributed by atoms with Gasteiger partial charge in [-0.05, 0) is 30.3 Å². The molecule has 2 aromatic heterocycles. The Bertz CT molecular complexity index is 1590. The van der Waals surface area contributed by atoms with Crippen LogP contribution in [0.25, 0.3) is 33.1 Å². The summed E-state index contributed by atoms with van der Waals surface area (Å²) in [6.07, 6.45) is 0. The number of nitrogens with zero attached hydrogens (tertiary/aromatic N) is 4. The summed E-state index contributed by atoms with van der Waals surface area (Å²) in [5.41, 5.74) is 2.42. The minimum Gasteiger partial charge on any atom is -0.441 e. The molecule has 0 atom stereocenters. The lowest BCUT2D eigenvalue weighted by Crippen LogP contribution is -2.35. The Labute approximate surface area is 187 Å². The SMILES string of the molecule is Cc1nc2ccc(N(C)C(=O)Cn3nc(-c4cccc(F)c4)c4ccccc4c3=O)cc2o1. The first-order valence-electron chi connectivity index (χ1n) is 10.3. The maximum absolute atomic E-state index is 13.9. The molecule has 164 valence electrons. The molecule has 0 fully saturated rings. The van der Waals surface area contributed by atoms with E-state index in [1.54, 1.807) is 68.6 Å². The third kappa shape index (κ3) is 3.76. The van der Waals surface area contributed by atoms with Gasteiger partial charge in [-0.1, -0.05) is 30.3 Å². The van der Waals surface area contributed by atoms with E-state index in [1.807, 2.05) is 0 Å². The third-order valence-electron chi connectivity index (χ3n) is 5.49. The van der Waals surface area contributed by atoms with Crippen molar-refractivity contribution in [3.8, 4) is 11.3 Å². The van der Waals surface area contributed by atoms with Crippen molar-refractivity contribution in [2.24, 2.45) is 0 Å². The van der Waals surface area contributed by atoms with Crippen molar-refractivity contribution < 1.29 is 13.6 Å². The second-order valence-corrected chi connectivity index (χ2v) is 7.71. The Kier molecular flexibility index (Phi) is 4.97. The number of aromatic nitrogens is 3. The molecule has 5 aromatic rings. The predicted octanol–water partition coefficient (Wildman–Crippen LogP) is 4.32. The fraction of sp³-hybridized carbons (Fsp3) is 0.120. The monoisotopic (exact) mass is 442 g/mol. The summed E-state index contributed by atoms with van der Waals surface area (Å²) in [4.78, 5) is 31.8. The lowest BCUT2D eigenvalue weighted by Gasteiger charge is -2.18. The number of fused-ring (bicyclic) bond motifs is 2. The van der Waals surface area contributed by atoms with E-state index >= 15 is 0 Å². The summed E-state index contributed by atoms with van der Waals surface area (Å²) in [5, 5.41) is 5.44. The van der Waals surface area contributed by atoms with E-state index in [4.69, 9.17) is 4.42 Å². The smallest absolute Gasteiger partial charge is 0.275 e. The molecule has 0 aliphatic carbocycles. The second kappa shape index (κ2) is 7.98. The van der Waals surface area contributed by atoms with Crippen LogP contribution in [-0.2, 0) is 11.3 Å². The highest BCUT2D eigenvalue weighted by Gasteiger charge is 2.18. The Morgan fingerprint density at radius 1 is 1.06 bits per heavy atom. The number of anilines is 1. The fourth-order valence-electron chi connectivity index (χ4n) is 3.81. The molecule has 0 saturated carbocycles. The molecule has 7 nitrogen and oxygen atoms in total. The molecule has 5 rings (SSSR count). The van der Waals surface area contributed by atoms with Gasteiger partial charge in [-0.15, -0.1) is 0 Å². The van der Waals surface area contributed by atoms with Gasteiger partial charge in [0.25, 0.3) is 5.56 Å². The highest BCUT2D eigenvalue weighted by molar-refractivity contribution is 5.96. The van der Waals surface area contributed by atoms with Crippen LogP contribution >= 0.6 is 0 Å². The van der Waals surface area contributed by atoms with Gasteiger partial charge in [0.1, 0.15) is 17.9 Å². The zero-order valence-corrected chi connectivity index (χ0v) is 17.9. The van der Waals surface area contributed by atoms with Crippen LogP contribution in [0.15, 0.2) is 75.9 Å². The molecular weight excluding hydrogens is 423 g/mol. The minimum absolute atomic E-state index is 0.282. The number of benzene rings is 3. The molecule has 0 saturated heterocycles. The van der Waals surface area contributed by atoms with Gasteiger partial charge in [0.05, 0.1) is 11.1 Å². The highest BCUT2D eigenvalue weighted by Crippen LogP contribution is 2.26. The maximum Gasteiger partial charge on any atom is 0.275 e. The fourth-order valence-corrected chi connectivity index (χ4v) is 3.81. The van der Waals surface area contributed by atoms with Crippen LogP contribution in [0.5, 0.6) is 0 Å². The standard InChI is InChI=1S/C25H19FN4O3/c1-15-27-21-11-10-18(13-22(21)33-15)29(2)23(31)14-30-25(32)20-9-4-3-8-19(20)24(28-30)16-6-5-7-17(26)12-16/h3-13H,14H2,1-2H3. The number of oxazole rings is 1. The largest absolute Gasteiger partial charge is 0.441 e. The summed E-state index contributed by atoms with van der Waals surface area (Å²) in [6.45, 7) is 1.47. The summed E-state index contributed by atoms with van der Waals surface area (Å²) < 4.78 is 20.6. The van der Waals surface area contributed by atoms with Gasteiger partial charge in [-0.3, -0.25) is 9.59 Å². The van der Waals surface area contributed by atoms with Gasteiger partial charge in [-0.2, -0.15) is 5.10 Å². The number of halogens is 1. The van der Waals surface area contributed by atoms with Gasteiger partial charge >= 0.3 is 0 Å². The van der Waals surface area contributed by atoms with Crippen LogP contribution in [0.4, 0.5) is 10.1 Å². The summed E-state index contributed by atoms with van der Waals surface area (Å²) in [5.74, 6) is -0.224. The molecule has 0 aliphatic heterocycles. The van der Waals surface area contributed by atoms with Gasteiger partial charge in [0.2, 0.25) is 5.91 Å². The second-order valence-electron chi connectivity index (χ2n) is 7.71. The van der Waals surface area contributed by atoms with E-state index in [1.165, 1.54) is 17.0 Å². The lowest BCUT2D eigenvalue weighted by molar-refractivity contribution is -0.119. The number of likely N-dealkylation sites (N-methyl/N-ethyl adjacent to an activating group) is 1. The molecule has 2 heterocycles. The van der Waals surface area contributed by atoms with E-state index in [0.717, 1.165) is 4.68 Å². The number of hydrogen-bond acceptors (Lipinski definition) is 5. The molecule has 0 bridgehead atoms. The van der Waals surface area contributed by atoms with Crippen molar-refractivity contribution in [2.45, 2.75) is 13.5 Å². The Balaban J connectivity index is 1.54. The molecule has 0 radical (unpaired) electrons. The average molecular weight is 442 g/mol. The summed E-state index contributed by atoms with van der Waals surface area (Å²) >= 11 is 0. The van der Waals surface area contributed by atoms with Crippen molar-refractivity contribution in [1.29, 1.82) is 0 Å². The molecule has 3 aromatic carbocycles. The molecule has 1 amide bonds. The van der Waals surface area contributed by atoms with Crippen molar-refractivity contribution in [3.05, 3.63) is 88.8 Å². The van der Waals surface area contributed by atoms with Gasteiger partial charge in [-0.25, -0.2) is 14.1 Å². The number of carbonyl (C=O) groups is 1. The van der Waals surface area contributed by atoms with Gasteiger partial charge < -0.3 is 9.32 Å². The highest BCUT2D eigenvalue weighted by atomic mass is 19.1. The summed E-state index contributed by atoms with van der Waals surface area (Å²) in [6, 6.07) is 18.2. The van der Waals surface area contributed by atoms with Crippen molar-refractivity contribution in [3.63, 3.8) is 0 Å². The van der Waals surface area contributed by atoms with E-state index < -0.39 is 11.4 Å². The molecule has 0 spiro atoms. The molecule has 8 heteroatoms. The van der Waals surface area contributed by atoms with Gasteiger partial charge in [0.15, 0.2) is 11.5 Å². The first kappa shape index (κ1) is 20.6. The van der Waals surface area contributed by atoms with E-state index in [-0.39, 0.29) is 12.5 Å². The van der Waals surface area contributed by atoms with E-state index in [0.29, 0.717) is 44.7 Å². The quantitative estimate of drug-likeness (QED) is 0.414. The number of aryl methyl sites for hydroxylation is 1. The molecule has 33 heavy (non-hydrogen) atoms. The first-order valence-corrected chi connectivity index (χ1v) is 10.3. The van der Waals surface area contributed by atoms with Crippen LogP contribution in [0.2, 0.25) is 0 Å². The predicted molar refractivity (Wildman–Crippen MR) is 124 cm³/mol. The van der Waals surface area contributed by atoms with Crippen LogP contribution in [-0.4, -0.2) is 27.7 Å². The lowest BCUT2D eigenvalue weighted by atomic mass is 10.0. The van der Waals surface area contributed by atoms with Crippen molar-refractivity contribution in [1.82, 2.24) is 14.8 Å². The van der Waals surface area contributed by atoms with Crippen LogP contribution in [0, 0.1) is 12.7 Å². The molecular formula is C25H19FN4O3. The number of hydrogen-bond donors (Lipinski definition) is 0. The maximum atomic E-state index is 13.9. The minimum atomic E-state index is -0.412. The third-order valence-corrected chi connectivity index (χ3v) is 5.49. The Morgan fingerprint density at radius 3 is 2.64 bits per heavy atom. The topological polar surface area (TPSA) is 81.2 Å². The number of carbonyl (C=O) groups excluding carboxylic acids is 1.